The van der Waals surface area contributed by atoms with Gasteiger partial charge in [-0.1, -0.05) is 41.4 Å². The van der Waals surface area contributed by atoms with Crippen molar-refractivity contribution >= 4 is 29.0 Å². The van der Waals surface area contributed by atoms with E-state index in [0.29, 0.717) is 28.0 Å². The van der Waals surface area contributed by atoms with E-state index in [1.54, 1.807) is 12.3 Å². The Bertz CT molecular complexity index is 635. The van der Waals surface area contributed by atoms with E-state index >= 15 is 0 Å². The SMILES string of the molecule is CN(Cc1ccccc1Cl)c1nccc(C#N)c1Cl. The van der Waals surface area contributed by atoms with Gasteiger partial charge in [-0.3, -0.25) is 0 Å². The van der Waals surface area contributed by atoms with Crippen LogP contribution in [0.4, 0.5) is 5.82 Å². The first-order valence-electron chi connectivity index (χ1n) is 5.62. The standard InChI is InChI=1S/C14H11Cl2N3/c1-19(9-11-4-2-3-5-12(11)15)14-13(16)10(8-17)6-7-18-14/h2-7H,9H2,1H3. The third kappa shape index (κ3) is 2.98. The van der Waals surface area contributed by atoms with Gasteiger partial charge in [-0.25, -0.2) is 4.98 Å². The number of halogens is 2. The summed E-state index contributed by atoms with van der Waals surface area (Å²) in [5.41, 5.74) is 1.39. The van der Waals surface area contributed by atoms with Crippen molar-refractivity contribution in [3.8, 4) is 6.07 Å². The van der Waals surface area contributed by atoms with Crippen LogP contribution >= 0.6 is 23.2 Å². The molecule has 3 nitrogen and oxygen atoms in total. The summed E-state index contributed by atoms with van der Waals surface area (Å²) in [5, 5.41) is 10.0. The van der Waals surface area contributed by atoms with E-state index in [-0.39, 0.29) is 0 Å². The average molecular weight is 292 g/mol. The summed E-state index contributed by atoms with van der Waals surface area (Å²) in [7, 11) is 1.86. The van der Waals surface area contributed by atoms with E-state index < -0.39 is 0 Å². The van der Waals surface area contributed by atoms with Gasteiger partial charge in [0, 0.05) is 24.8 Å². The van der Waals surface area contributed by atoms with Gasteiger partial charge in [-0.05, 0) is 17.7 Å². The number of hydrogen-bond donors (Lipinski definition) is 0. The maximum atomic E-state index is 8.96. The van der Waals surface area contributed by atoms with Gasteiger partial charge < -0.3 is 4.90 Å². The van der Waals surface area contributed by atoms with Crippen LogP contribution in [-0.4, -0.2) is 12.0 Å². The van der Waals surface area contributed by atoms with E-state index in [2.05, 4.69) is 4.98 Å². The average Bonchev–Trinajstić information content (AvgIpc) is 2.41. The third-order valence-electron chi connectivity index (χ3n) is 2.72. The van der Waals surface area contributed by atoms with Crippen LogP contribution in [0.2, 0.25) is 10.0 Å². The van der Waals surface area contributed by atoms with Crippen LogP contribution in [0.3, 0.4) is 0 Å². The van der Waals surface area contributed by atoms with Crippen molar-refractivity contribution < 1.29 is 0 Å². The normalized spacial score (nSPS) is 10.0. The molecule has 0 N–H and O–H groups in total. The number of anilines is 1. The quantitative estimate of drug-likeness (QED) is 0.861. The smallest absolute Gasteiger partial charge is 0.148 e. The topological polar surface area (TPSA) is 39.9 Å². The van der Waals surface area contributed by atoms with Crippen molar-refractivity contribution in [3.63, 3.8) is 0 Å². The van der Waals surface area contributed by atoms with E-state index in [1.807, 2.05) is 42.3 Å². The highest BCUT2D eigenvalue weighted by molar-refractivity contribution is 6.34. The molecule has 0 amide bonds. The summed E-state index contributed by atoms with van der Waals surface area (Å²) >= 11 is 12.3. The molecule has 0 aliphatic rings. The second-order valence-electron chi connectivity index (χ2n) is 4.06. The van der Waals surface area contributed by atoms with Gasteiger partial charge in [0.2, 0.25) is 0 Å². The molecule has 0 bridgehead atoms. The number of hydrogen-bond acceptors (Lipinski definition) is 3. The Kier molecular flexibility index (Phi) is 4.26. The number of aromatic nitrogens is 1. The van der Waals surface area contributed by atoms with E-state index in [1.165, 1.54) is 0 Å². The summed E-state index contributed by atoms with van der Waals surface area (Å²) in [6.45, 7) is 0.571. The molecule has 1 aromatic carbocycles. The minimum atomic E-state index is 0.361. The summed E-state index contributed by atoms with van der Waals surface area (Å²) in [6, 6.07) is 11.2. The Morgan fingerprint density at radius 3 is 2.68 bits per heavy atom. The molecule has 1 aromatic heterocycles. The molecule has 1 heterocycles. The van der Waals surface area contributed by atoms with Crippen molar-refractivity contribution in [2.24, 2.45) is 0 Å². The first kappa shape index (κ1) is 13.7. The Hall–Kier alpha value is -1.76. The predicted octanol–water partition coefficient (Wildman–Crippen LogP) is 3.90. The summed E-state index contributed by atoms with van der Waals surface area (Å²) in [5.74, 6) is 0.570. The van der Waals surface area contributed by atoms with Crippen molar-refractivity contribution in [1.29, 1.82) is 5.26 Å². The number of nitrogens with zero attached hydrogens (tertiary/aromatic N) is 3. The van der Waals surface area contributed by atoms with E-state index in [0.717, 1.165) is 5.56 Å². The van der Waals surface area contributed by atoms with Gasteiger partial charge in [0.1, 0.15) is 16.9 Å². The van der Waals surface area contributed by atoms with Crippen LogP contribution < -0.4 is 4.90 Å². The molecule has 0 fully saturated rings. The fourth-order valence-corrected chi connectivity index (χ4v) is 2.24. The zero-order chi connectivity index (χ0) is 13.8. The van der Waals surface area contributed by atoms with Crippen LogP contribution in [0, 0.1) is 11.3 Å². The zero-order valence-corrected chi connectivity index (χ0v) is 11.8. The molecule has 5 heteroatoms. The summed E-state index contributed by atoms with van der Waals surface area (Å²) in [6.07, 6.45) is 1.57. The van der Waals surface area contributed by atoms with Crippen molar-refractivity contribution in [2.75, 3.05) is 11.9 Å². The van der Waals surface area contributed by atoms with E-state index in [4.69, 9.17) is 28.5 Å². The molecule has 2 rings (SSSR count). The van der Waals surface area contributed by atoms with Crippen molar-refractivity contribution in [1.82, 2.24) is 4.98 Å². The van der Waals surface area contributed by atoms with Crippen LogP contribution in [0.15, 0.2) is 36.5 Å². The fraction of sp³-hybridized carbons (Fsp3) is 0.143. The summed E-state index contributed by atoms with van der Waals surface area (Å²) in [4.78, 5) is 6.08. The molecule has 0 aliphatic heterocycles. The minimum Gasteiger partial charge on any atom is -0.354 e. The zero-order valence-electron chi connectivity index (χ0n) is 10.3. The minimum absolute atomic E-state index is 0.361. The molecule has 0 aliphatic carbocycles. The number of rotatable bonds is 3. The Balaban J connectivity index is 2.29. The number of pyridine rings is 1. The first-order valence-corrected chi connectivity index (χ1v) is 6.38. The summed E-state index contributed by atoms with van der Waals surface area (Å²) < 4.78 is 0. The lowest BCUT2D eigenvalue weighted by atomic mass is 10.2. The highest BCUT2D eigenvalue weighted by Gasteiger charge is 2.12. The molecular weight excluding hydrogens is 281 g/mol. The maximum Gasteiger partial charge on any atom is 0.148 e. The Morgan fingerprint density at radius 1 is 1.26 bits per heavy atom. The van der Waals surface area contributed by atoms with Crippen LogP contribution in [-0.2, 0) is 6.54 Å². The number of nitriles is 1. The molecule has 0 unspecified atom stereocenters. The number of benzene rings is 1. The molecule has 19 heavy (non-hydrogen) atoms. The molecule has 0 atom stereocenters. The lowest BCUT2D eigenvalue weighted by Gasteiger charge is -2.20. The monoisotopic (exact) mass is 291 g/mol. The highest BCUT2D eigenvalue weighted by atomic mass is 35.5. The van der Waals surface area contributed by atoms with Gasteiger partial charge >= 0.3 is 0 Å². The Morgan fingerprint density at radius 2 is 2.00 bits per heavy atom. The van der Waals surface area contributed by atoms with Crippen LogP contribution in [0.25, 0.3) is 0 Å². The lowest BCUT2D eigenvalue weighted by molar-refractivity contribution is 0.898. The maximum absolute atomic E-state index is 8.96. The van der Waals surface area contributed by atoms with Gasteiger partial charge in [0.05, 0.1) is 5.56 Å². The first-order chi connectivity index (χ1) is 9.13. The molecule has 0 saturated heterocycles. The van der Waals surface area contributed by atoms with Crippen molar-refractivity contribution in [3.05, 3.63) is 57.7 Å². The van der Waals surface area contributed by atoms with E-state index in [9.17, 15) is 0 Å². The second kappa shape index (κ2) is 5.92. The molecule has 0 saturated carbocycles. The third-order valence-corrected chi connectivity index (χ3v) is 3.46. The van der Waals surface area contributed by atoms with Gasteiger partial charge in [-0.15, -0.1) is 0 Å². The predicted molar refractivity (Wildman–Crippen MR) is 77.5 cm³/mol. The fourth-order valence-electron chi connectivity index (χ4n) is 1.74. The largest absolute Gasteiger partial charge is 0.354 e. The highest BCUT2D eigenvalue weighted by Crippen LogP contribution is 2.27. The van der Waals surface area contributed by atoms with Crippen LogP contribution in [0.1, 0.15) is 11.1 Å². The molecule has 2 aromatic rings. The van der Waals surface area contributed by atoms with Crippen LogP contribution in [0.5, 0.6) is 0 Å². The molecule has 0 spiro atoms. The van der Waals surface area contributed by atoms with Crippen molar-refractivity contribution in [2.45, 2.75) is 6.54 Å². The lowest BCUT2D eigenvalue weighted by Crippen LogP contribution is -2.18. The molecule has 96 valence electrons. The molecular formula is C14H11Cl2N3. The van der Waals surface area contributed by atoms with Gasteiger partial charge in [-0.2, -0.15) is 5.26 Å². The Labute approximate surface area is 122 Å². The van der Waals surface area contributed by atoms with Gasteiger partial charge in [0.15, 0.2) is 0 Å². The second-order valence-corrected chi connectivity index (χ2v) is 4.84. The van der Waals surface area contributed by atoms with Gasteiger partial charge in [0.25, 0.3) is 0 Å². The molecule has 0 radical (unpaired) electrons.